The van der Waals surface area contributed by atoms with Crippen LogP contribution < -0.4 is 14.8 Å². The number of nitrogens with one attached hydrogen (secondary N) is 1. The third-order valence-electron chi connectivity index (χ3n) is 6.13. The molecule has 2 aromatic carbocycles. The lowest BCUT2D eigenvalue weighted by molar-refractivity contribution is -0.131. The van der Waals surface area contributed by atoms with E-state index in [9.17, 15) is 14.4 Å². The minimum Gasteiger partial charge on any atom is -0.483 e. The van der Waals surface area contributed by atoms with Crippen molar-refractivity contribution in [1.82, 2.24) is 10.2 Å². The number of nitrogens with zero attached hydrogens (tertiary/aromatic N) is 1. The molecule has 1 heterocycles. The molecule has 3 rings (SSSR count). The van der Waals surface area contributed by atoms with Gasteiger partial charge in [0.15, 0.2) is 6.61 Å². The molecule has 0 radical (unpaired) electrons. The molecule has 7 heteroatoms. The zero-order valence-electron chi connectivity index (χ0n) is 21.3. The summed E-state index contributed by atoms with van der Waals surface area (Å²) in [6.45, 7) is 11.5. The van der Waals surface area contributed by atoms with Crippen molar-refractivity contribution in [2.75, 3.05) is 26.2 Å². The molecule has 2 aromatic rings. The zero-order valence-corrected chi connectivity index (χ0v) is 21.3. The Kier molecular flexibility index (Phi) is 8.54. The number of piperidine rings is 1. The van der Waals surface area contributed by atoms with E-state index >= 15 is 0 Å². The van der Waals surface area contributed by atoms with Gasteiger partial charge >= 0.3 is 5.97 Å². The lowest BCUT2D eigenvalue weighted by atomic mass is 9.85. The third kappa shape index (κ3) is 7.57. The van der Waals surface area contributed by atoms with E-state index in [1.54, 1.807) is 29.2 Å². The van der Waals surface area contributed by atoms with Crippen molar-refractivity contribution in [1.29, 1.82) is 0 Å². The summed E-state index contributed by atoms with van der Waals surface area (Å²) in [5, 5.41) is 2.98. The summed E-state index contributed by atoms with van der Waals surface area (Å²) in [5.41, 5.74) is 2.66. The number of amides is 2. The molecule has 1 saturated heterocycles. The summed E-state index contributed by atoms with van der Waals surface area (Å²) in [6.07, 6.45) is 1.62. The van der Waals surface area contributed by atoms with Crippen molar-refractivity contribution < 1.29 is 23.9 Å². The van der Waals surface area contributed by atoms with Crippen molar-refractivity contribution >= 4 is 17.8 Å². The highest BCUT2D eigenvalue weighted by atomic mass is 16.5. The Hall–Kier alpha value is -3.35. The van der Waals surface area contributed by atoms with Gasteiger partial charge in [0.2, 0.25) is 0 Å². The Labute approximate surface area is 207 Å². The van der Waals surface area contributed by atoms with Crippen LogP contribution >= 0.6 is 0 Å². The van der Waals surface area contributed by atoms with Gasteiger partial charge in [-0.15, -0.1) is 0 Å². The number of aryl methyl sites for hydroxylation is 1. The van der Waals surface area contributed by atoms with E-state index in [2.05, 4.69) is 32.2 Å². The fraction of sp³-hybridized carbons (Fsp3) is 0.464. The maximum absolute atomic E-state index is 12.8. The maximum atomic E-state index is 12.8. The average Bonchev–Trinajstić information content (AvgIpc) is 2.81. The van der Waals surface area contributed by atoms with Crippen LogP contribution in [-0.2, 0) is 15.0 Å². The van der Waals surface area contributed by atoms with Crippen LogP contribution in [0.5, 0.6) is 11.5 Å². The lowest BCUT2D eigenvalue weighted by Crippen LogP contribution is -2.42. The van der Waals surface area contributed by atoms with Crippen molar-refractivity contribution in [3.63, 3.8) is 0 Å². The van der Waals surface area contributed by atoms with Crippen LogP contribution in [0.15, 0.2) is 42.5 Å². The number of rotatable bonds is 7. The quantitative estimate of drug-likeness (QED) is 0.473. The van der Waals surface area contributed by atoms with Crippen molar-refractivity contribution in [2.24, 2.45) is 5.92 Å². The Balaban J connectivity index is 1.44. The van der Waals surface area contributed by atoms with Gasteiger partial charge in [-0.3, -0.25) is 14.4 Å². The van der Waals surface area contributed by atoms with Crippen molar-refractivity contribution in [3.8, 4) is 11.5 Å². The molecule has 0 spiro atoms. The molecule has 0 unspecified atom stereocenters. The van der Waals surface area contributed by atoms with Crippen LogP contribution in [0.1, 0.15) is 62.0 Å². The van der Waals surface area contributed by atoms with E-state index in [1.165, 1.54) is 6.92 Å². The Morgan fingerprint density at radius 3 is 2.43 bits per heavy atom. The number of carbonyl (C=O) groups is 3. The summed E-state index contributed by atoms with van der Waals surface area (Å²) >= 11 is 0. The summed E-state index contributed by atoms with van der Waals surface area (Å²) in [7, 11) is 0. The predicted molar refractivity (Wildman–Crippen MR) is 135 cm³/mol. The van der Waals surface area contributed by atoms with Gasteiger partial charge in [-0.25, -0.2) is 0 Å². The number of hydrogen-bond acceptors (Lipinski definition) is 5. The SMILES string of the molecule is CC(=O)Oc1cccc(C(=O)N2CCC(CNC(=O)COc3ccc(C)cc3C(C)(C)C)CC2)c1. The Morgan fingerprint density at radius 2 is 1.77 bits per heavy atom. The van der Waals surface area contributed by atoms with Gasteiger partial charge in [-0.05, 0) is 60.9 Å². The predicted octanol–water partition coefficient (Wildman–Crippen LogP) is 4.27. The van der Waals surface area contributed by atoms with Crippen LogP contribution in [0.25, 0.3) is 0 Å². The number of carbonyl (C=O) groups excluding carboxylic acids is 3. The van der Waals surface area contributed by atoms with Gasteiger partial charge in [0.25, 0.3) is 11.8 Å². The first kappa shape index (κ1) is 26.3. The smallest absolute Gasteiger partial charge is 0.308 e. The number of esters is 1. The second kappa shape index (κ2) is 11.4. The second-order valence-corrected chi connectivity index (χ2v) is 10.2. The number of ether oxygens (including phenoxy) is 2. The van der Waals surface area contributed by atoms with Crippen molar-refractivity contribution in [3.05, 3.63) is 59.2 Å². The van der Waals surface area contributed by atoms with E-state index in [0.717, 1.165) is 29.7 Å². The van der Waals surface area contributed by atoms with Crippen LogP contribution in [0.3, 0.4) is 0 Å². The standard InChI is InChI=1S/C28H36N2O5/c1-19-9-10-25(24(15-19)28(3,4)5)34-18-26(32)29-17-21-11-13-30(14-12-21)27(33)22-7-6-8-23(16-22)35-20(2)31/h6-10,15-16,21H,11-14,17-18H2,1-5H3,(H,29,32). The number of hydrogen-bond donors (Lipinski definition) is 1. The van der Waals surface area contributed by atoms with Crippen LogP contribution in [0.4, 0.5) is 0 Å². The van der Waals surface area contributed by atoms with Gasteiger partial charge in [-0.1, -0.05) is 44.5 Å². The van der Waals surface area contributed by atoms with Gasteiger partial charge in [0.1, 0.15) is 11.5 Å². The summed E-state index contributed by atoms with van der Waals surface area (Å²) in [5.74, 6) is 0.761. The summed E-state index contributed by atoms with van der Waals surface area (Å²) in [4.78, 5) is 38.2. The molecule has 0 atom stereocenters. The minimum atomic E-state index is -0.420. The first-order valence-corrected chi connectivity index (χ1v) is 12.1. The van der Waals surface area contributed by atoms with E-state index in [4.69, 9.17) is 9.47 Å². The largest absolute Gasteiger partial charge is 0.483 e. The molecular formula is C28H36N2O5. The van der Waals surface area contributed by atoms with Crippen molar-refractivity contribution in [2.45, 2.75) is 52.9 Å². The van der Waals surface area contributed by atoms with E-state index in [1.807, 2.05) is 19.1 Å². The molecule has 7 nitrogen and oxygen atoms in total. The van der Waals surface area contributed by atoms with E-state index < -0.39 is 5.97 Å². The van der Waals surface area contributed by atoms with Gasteiger partial charge in [-0.2, -0.15) is 0 Å². The molecule has 1 fully saturated rings. The molecule has 35 heavy (non-hydrogen) atoms. The first-order chi connectivity index (χ1) is 16.5. The molecule has 1 aliphatic rings. The molecule has 188 valence electrons. The van der Waals surface area contributed by atoms with Crippen LogP contribution in [0, 0.1) is 12.8 Å². The average molecular weight is 481 g/mol. The highest BCUT2D eigenvalue weighted by molar-refractivity contribution is 5.94. The molecule has 0 aliphatic carbocycles. The first-order valence-electron chi connectivity index (χ1n) is 12.1. The highest BCUT2D eigenvalue weighted by Crippen LogP contribution is 2.32. The Morgan fingerprint density at radius 1 is 1.06 bits per heavy atom. The lowest BCUT2D eigenvalue weighted by Gasteiger charge is -2.32. The molecule has 0 saturated carbocycles. The van der Waals surface area contributed by atoms with Gasteiger partial charge in [0, 0.05) is 32.1 Å². The van der Waals surface area contributed by atoms with Crippen LogP contribution in [0.2, 0.25) is 0 Å². The molecule has 1 aliphatic heterocycles. The van der Waals surface area contributed by atoms with Gasteiger partial charge in [0.05, 0.1) is 0 Å². The fourth-order valence-corrected chi connectivity index (χ4v) is 4.19. The second-order valence-electron chi connectivity index (χ2n) is 10.2. The molecule has 1 N–H and O–H groups in total. The number of benzene rings is 2. The normalized spacial score (nSPS) is 14.4. The monoisotopic (exact) mass is 480 g/mol. The fourth-order valence-electron chi connectivity index (χ4n) is 4.19. The summed E-state index contributed by atoms with van der Waals surface area (Å²) < 4.78 is 10.9. The summed E-state index contributed by atoms with van der Waals surface area (Å²) in [6, 6.07) is 12.7. The highest BCUT2D eigenvalue weighted by Gasteiger charge is 2.25. The van der Waals surface area contributed by atoms with Gasteiger partial charge < -0.3 is 19.7 Å². The molecule has 2 amide bonds. The third-order valence-corrected chi connectivity index (χ3v) is 6.13. The molecular weight excluding hydrogens is 444 g/mol. The minimum absolute atomic E-state index is 0.0256. The topological polar surface area (TPSA) is 84.9 Å². The number of likely N-dealkylation sites (tertiary alicyclic amines) is 1. The van der Waals surface area contributed by atoms with E-state index in [0.29, 0.717) is 36.9 Å². The molecule has 0 aromatic heterocycles. The maximum Gasteiger partial charge on any atom is 0.308 e. The molecule has 0 bridgehead atoms. The van der Waals surface area contributed by atoms with Crippen LogP contribution in [-0.4, -0.2) is 48.9 Å². The van der Waals surface area contributed by atoms with E-state index in [-0.39, 0.29) is 23.8 Å². The zero-order chi connectivity index (χ0) is 25.6. The Bertz CT molecular complexity index is 1070.